The highest BCUT2D eigenvalue weighted by atomic mass is 14.4. The molecule has 0 amide bonds. The molecule has 0 N–H and O–H groups in total. The Morgan fingerprint density at radius 3 is 1.50 bits per heavy atom. The van der Waals surface area contributed by atoms with Crippen molar-refractivity contribution in [2.75, 3.05) is 0 Å². The minimum Gasteiger partial charge on any atom is -0.0622 e. The molecule has 0 aliphatic heterocycles. The Balaban J connectivity index is 2.05. The van der Waals surface area contributed by atoms with E-state index in [0.29, 0.717) is 0 Å². The lowest BCUT2D eigenvalue weighted by Crippen LogP contribution is -2.34. The molecule has 0 radical (unpaired) electrons. The van der Waals surface area contributed by atoms with Crippen molar-refractivity contribution in [3.8, 4) is 0 Å². The van der Waals surface area contributed by atoms with Crippen LogP contribution in [0, 0.1) is 23.7 Å². The summed E-state index contributed by atoms with van der Waals surface area (Å²) in [5.74, 6) is 4.27. The van der Waals surface area contributed by atoms with Crippen LogP contribution in [-0.4, -0.2) is 0 Å². The van der Waals surface area contributed by atoms with Crippen molar-refractivity contribution in [1.82, 2.24) is 0 Å². The second-order valence-corrected chi connectivity index (χ2v) is 5.14. The SMILES string of the molecule is C[C@@H]1CC[C@@H](C)[C@@H]2CCCCC12. The summed E-state index contributed by atoms with van der Waals surface area (Å²) in [7, 11) is 0. The van der Waals surface area contributed by atoms with Crippen LogP contribution in [0.2, 0.25) is 0 Å². The van der Waals surface area contributed by atoms with Gasteiger partial charge < -0.3 is 0 Å². The summed E-state index contributed by atoms with van der Waals surface area (Å²) in [4.78, 5) is 0. The third-order valence-corrected chi connectivity index (χ3v) is 4.41. The lowest BCUT2D eigenvalue weighted by atomic mass is 9.62. The summed E-state index contributed by atoms with van der Waals surface area (Å²) >= 11 is 0. The number of hydrogen-bond donors (Lipinski definition) is 0. The zero-order chi connectivity index (χ0) is 8.55. The molecule has 2 aliphatic rings. The molecule has 1 unspecified atom stereocenters. The molecule has 2 fully saturated rings. The molecular weight excluding hydrogens is 144 g/mol. The van der Waals surface area contributed by atoms with E-state index >= 15 is 0 Å². The van der Waals surface area contributed by atoms with Gasteiger partial charge in [0.05, 0.1) is 0 Å². The monoisotopic (exact) mass is 166 g/mol. The second kappa shape index (κ2) is 3.40. The van der Waals surface area contributed by atoms with Crippen molar-refractivity contribution in [2.24, 2.45) is 23.7 Å². The van der Waals surface area contributed by atoms with Gasteiger partial charge in [-0.2, -0.15) is 0 Å². The Hall–Kier alpha value is 0. The Kier molecular flexibility index (Phi) is 2.43. The maximum atomic E-state index is 2.48. The average Bonchev–Trinajstić information content (AvgIpc) is 2.12. The first kappa shape index (κ1) is 8.59. The van der Waals surface area contributed by atoms with Crippen LogP contribution >= 0.6 is 0 Å². The standard InChI is InChI=1S/C12H22/c1-9-7-8-10(2)12-6-4-3-5-11(9)12/h9-12H,3-8H2,1-2H3/t9-,10-,11+,12?/m1/s1. The maximum Gasteiger partial charge on any atom is -0.0358 e. The molecular formula is C12H22. The van der Waals surface area contributed by atoms with E-state index < -0.39 is 0 Å². The van der Waals surface area contributed by atoms with Crippen LogP contribution in [0.1, 0.15) is 52.4 Å². The van der Waals surface area contributed by atoms with Crippen LogP contribution in [0.5, 0.6) is 0 Å². The van der Waals surface area contributed by atoms with Gasteiger partial charge in [-0.25, -0.2) is 0 Å². The third-order valence-electron chi connectivity index (χ3n) is 4.41. The van der Waals surface area contributed by atoms with Gasteiger partial charge >= 0.3 is 0 Å². The van der Waals surface area contributed by atoms with E-state index in [9.17, 15) is 0 Å². The van der Waals surface area contributed by atoms with Gasteiger partial charge in [-0.1, -0.05) is 39.5 Å². The Labute approximate surface area is 76.7 Å². The van der Waals surface area contributed by atoms with E-state index in [4.69, 9.17) is 0 Å². The highest BCUT2D eigenvalue weighted by molar-refractivity contribution is 4.86. The molecule has 0 spiro atoms. The van der Waals surface area contributed by atoms with Gasteiger partial charge in [0.1, 0.15) is 0 Å². The summed E-state index contributed by atoms with van der Waals surface area (Å²) in [6, 6.07) is 0. The van der Waals surface area contributed by atoms with Gasteiger partial charge in [-0.15, -0.1) is 0 Å². The van der Waals surface area contributed by atoms with Crippen LogP contribution < -0.4 is 0 Å². The molecule has 2 aliphatic carbocycles. The molecule has 0 aromatic rings. The number of fused-ring (bicyclic) bond motifs is 1. The summed E-state index contributed by atoms with van der Waals surface area (Å²) in [5, 5.41) is 0. The van der Waals surface area contributed by atoms with Crippen LogP contribution in [0.3, 0.4) is 0 Å². The number of hydrogen-bond acceptors (Lipinski definition) is 0. The van der Waals surface area contributed by atoms with Crippen molar-refractivity contribution in [1.29, 1.82) is 0 Å². The molecule has 12 heavy (non-hydrogen) atoms. The molecule has 0 saturated heterocycles. The van der Waals surface area contributed by atoms with Gasteiger partial charge in [0.25, 0.3) is 0 Å². The summed E-state index contributed by atoms with van der Waals surface area (Å²) in [6.45, 7) is 4.96. The Bertz CT molecular complexity index is 132. The minimum atomic E-state index is 1.03. The molecule has 0 aromatic carbocycles. The Morgan fingerprint density at radius 1 is 0.667 bits per heavy atom. The van der Waals surface area contributed by atoms with Crippen LogP contribution in [0.4, 0.5) is 0 Å². The largest absolute Gasteiger partial charge is 0.0622 e. The maximum absolute atomic E-state index is 2.48. The summed E-state index contributed by atoms with van der Waals surface area (Å²) < 4.78 is 0. The normalized spacial score (nSPS) is 48.5. The average molecular weight is 166 g/mol. The zero-order valence-electron chi connectivity index (χ0n) is 8.55. The molecule has 0 aromatic heterocycles. The first-order chi connectivity index (χ1) is 5.79. The molecule has 0 bridgehead atoms. The topological polar surface area (TPSA) is 0 Å². The molecule has 2 saturated carbocycles. The summed E-state index contributed by atoms with van der Waals surface area (Å²) in [5.41, 5.74) is 0. The van der Waals surface area contributed by atoms with Gasteiger partial charge in [0.2, 0.25) is 0 Å². The predicted octanol–water partition coefficient (Wildman–Crippen LogP) is 3.86. The molecule has 4 atom stereocenters. The smallest absolute Gasteiger partial charge is 0.0358 e. The fourth-order valence-corrected chi connectivity index (χ4v) is 3.56. The minimum absolute atomic E-state index is 1.03. The van der Waals surface area contributed by atoms with Crippen molar-refractivity contribution >= 4 is 0 Å². The van der Waals surface area contributed by atoms with Crippen LogP contribution in [0.25, 0.3) is 0 Å². The Morgan fingerprint density at radius 2 is 1.08 bits per heavy atom. The quantitative estimate of drug-likeness (QED) is 0.512. The number of rotatable bonds is 0. The summed E-state index contributed by atoms with van der Waals surface area (Å²) in [6.07, 6.45) is 9.10. The van der Waals surface area contributed by atoms with Gasteiger partial charge in [0, 0.05) is 0 Å². The predicted molar refractivity (Wildman–Crippen MR) is 53.0 cm³/mol. The molecule has 70 valence electrons. The van der Waals surface area contributed by atoms with Crippen molar-refractivity contribution in [3.63, 3.8) is 0 Å². The van der Waals surface area contributed by atoms with Crippen LogP contribution in [-0.2, 0) is 0 Å². The van der Waals surface area contributed by atoms with E-state index in [1.165, 1.54) is 38.5 Å². The second-order valence-electron chi connectivity index (χ2n) is 5.14. The van der Waals surface area contributed by atoms with Gasteiger partial charge in [-0.05, 0) is 36.5 Å². The zero-order valence-corrected chi connectivity index (χ0v) is 8.55. The first-order valence-corrected chi connectivity index (χ1v) is 5.79. The lowest BCUT2D eigenvalue weighted by Gasteiger charge is -2.43. The van der Waals surface area contributed by atoms with Crippen molar-refractivity contribution in [3.05, 3.63) is 0 Å². The van der Waals surface area contributed by atoms with Crippen LogP contribution in [0.15, 0.2) is 0 Å². The highest BCUT2D eigenvalue weighted by Crippen LogP contribution is 2.46. The highest BCUT2D eigenvalue weighted by Gasteiger charge is 2.36. The molecule has 2 rings (SSSR count). The van der Waals surface area contributed by atoms with Crippen molar-refractivity contribution < 1.29 is 0 Å². The molecule has 0 nitrogen and oxygen atoms in total. The van der Waals surface area contributed by atoms with E-state index in [0.717, 1.165) is 23.7 Å². The van der Waals surface area contributed by atoms with Crippen molar-refractivity contribution in [2.45, 2.75) is 52.4 Å². The first-order valence-electron chi connectivity index (χ1n) is 5.79. The van der Waals surface area contributed by atoms with E-state index in [1.807, 2.05) is 0 Å². The molecule has 0 heterocycles. The molecule has 0 heteroatoms. The third kappa shape index (κ3) is 1.41. The van der Waals surface area contributed by atoms with Gasteiger partial charge in [0.15, 0.2) is 0 Å². The van der Waals surface area contributed by atoms with E-state index in [1.54, 1.807) is 0 Å². The van der Waals surface area contributed by atoms with E-state index in [2.05, 4.69) is 13.8 Å². The van der Waals surface area contributed by atoms with E-state index in [-0.39, 0.29) is 0 Å². The fourth-order valence-electron chi connectivity index (χ4n) is 3.56. The van der Waals surface area contributed by atoms with Gasteiger partial charge in [-0.3, -0.25) is 0 Å². The fraction of sp³-hybridized carbons (Fsp3) is 1.00. The lowest BCUT2D eigenvalue weighted by molar-refractivity contribution is 0.0672.